The second kappa shape index (κ2) is 5.46. The number of hydrogen-bond acceptors (Lipinski definition) is 4. The van der Waals surface area contributed by atoms with E-state index in [2.05, 4.69) is 0 Å². The van der Waals surface area contributed by atoms with Gasteiger partial charge in [0.15, 0.2) is 5.78 Å². The lowest BCUT2D eigenvalue weighted by atomic mass is 10.2. The van der Waals surface area contributed by atoms with Crippen molar-refractivity contribution < 1.29 is 17.4 Å². The number of hydrogen-bond donors (Lipinski definition) is 0. The van der Waals surface area contributed by atoms with E-state index in [-0.39, 0.29) is 10.7 Å². The Bertz CT molecular complexity index is 731. The second-order valence-corrected chi connectivity index (χ2v) is 5.93. The average molecular weight is 290 g/mol. The Labute approximate surface area is 118 Å². The summed E-state index contributed by atoms with van der Waals surface area (Å²) < 4.78 is 29.4. The molecular formula is C15H14O4S. The Morgan fingerprint density at radius 1 is 1.00 bits per heavy atom. The van der Waals surface area contributed by atoms with Crippen LogP contribution in [0.2, 0.25) is 0 Å². The van der Waals surface area contributed by atoms with Crippen molar-refractivity contribution >= 4 is 15.9 Å². The highest BCUT2D eigenvalue weighted by Gasteiger charge is 2.17. The fourth-order valence-electron chi connectivity index (χ4n) is 1.67. The Balaban J connectivity index is 2.31. The van der Waals surface area contributed by atoms with Crippen LogP contribution in [0.1, 0.15) is 22.8 Å². The summed E-state index contributed by atoms with van der Waals surface area (Å²) in [5.41, 5.74) is 1.19. The van der Waals surface area contributed by atoms with Crippen LogP contribution in [-0.4, -0.2) is 14.2 Å². The molecule has 5 heteroatoms. The van der Waals surface area contributed by atoms with Gasteiger partial charge in [-0.2, -0.15) is 8.42 Å². The lowest BCUT2D eigenvalue weighted by molar-refractivity contribution is 0.101. The van der Waals surface area contributed by atoms with Crippen LogP contribution < -0.4 is 4.18 Å². The van der Waals surface area contributed by atoms with Crippen LogP contribution >= 0.6 is 0 Å². The molecule has 0 heterocycles. The molecule has 104 valence electrons. The molecular weight excluding hydrogens is 276 g/mol. The predicted molar refractivity (Wildman–Crippen MR) is 75.4 cm³/mol. The Morgan fingerprint density at radius 2 is 1.60 bits per heavy atom. The second-order valence-electron chi connectivity index (χ2n) is 4.38. The first-order chi connectivity index (χ1) is 9.40. The number of Topliss-reactive ketones (excluding diaryl/α,β-unsaturated/α-hetero) is 1. The normalized spacial score (nSPS) is 11.1. The van der Waals surface area contributed by atoms with E-state index < -0.39 is 10.1 Å². The standard InChI is InChI=1S/C15H14O4S/c1-11-5-3-4-6-15(11)19-20(17,18)14-9-7-13(8-10-14)12(2)16/h3-10H,1-2H3. The van der Waals surface area contributed by atoms with Crippen LogP contribution in [0.5, 0.6) is 5.75 Å². The van der Waals surface area contributed by atoms with Crippen LogP contribution in [0.25, 0.3) is 0 Å². The number of benzene rings is 2. The molecule has 2 aromatic rings. The van der Waals surface area contributed by atoms with Gasteiger partial charge in [-0.15, -0.1) is 0 Å². The van der Waals surface area contributed by atoms with Gasteiger partial charge in [0, 0.05) is 5.56 Å². The van der Waals surface area contributed by atoms with Gasteiger partial charge in [0.25, 0.3) is 0 Å². The Kier molecular flexibility index (Phi) is 3.90. The zero-order valence-corrected chi connectivity index (χ0v) is 12.0. The van der Waals surface area contributed by atoms with E-state index in [0.717, 1.165) is 5.56 Å². The molecule has 2 aromatic carbocycles. The average Bonchev–Trinajstić information content (AvgIpc) is 2.41. The number of ketones is 1. The van der Waals surface area contributed by atoms with Gasteiger partial charge >= 0.3 is 10.1 Å². The molecule has 0 radical (unpaired) electrons. The van der Waals surface area contributed by atoms with E-state index in [1.807, 2.05) is 0 Å². The molecule has 0 saturated carbocycles. The monoisotopic (exact) mass is 290 g/mol. The third kappa shape index (κ3) is 3.05. The molecule has 0 unspecified atom stereocenters. The van der Waals surface area contributed by atoms with Gasteiger partial charge in [-0.05, 0) is 37.6 Å². The Hall–Kier alpha value is -2.14. The van der Waals surface area contributed by atoms with E-state index in [4.69, 9.17) is 4.18 Å². The molecule has 2 rings (SSSR count). The summed E-state index contributed by atoms with van der Waals surface area (Å²) in [6, 6.07) is 12.5. The zero-order valence-electron chi connectivity index (χ0n) is 11.2. The fraction of sp³-hybridized carbons (Fsp3) is 0.133. The maximum atomic E-state index is 12.1. The van der Waals surface area contributed by atoms with Crippen molar-refractivity contribution in [2.24, 2.45) is 0 Å². The van der Waals surface area contributed by atoms with Gasteiger partial charge in [-0.1, -0.05) is 30.3 Å². The molecule has 4 nitrogen and oxygen atoms in total. The summed E-state index contributed by atoms with van der Waals surface area (Å²) in [5, 5.41) is 0. The molecule has 0 aliphatic rings. The van der Waals surface area contributed by atoms with Crippen LogP contribution in [-0.2, 0) is 10.1 Å². The van der Waals surface area contributed by atoms with Crippen molar-refractivity contribution in [3.63, 3.8) is 0 Å². The van der Waals surface area contributed by atoms with Crippen molar-refractivity contribution in [2.75, 3.05) is 0 Å². The first kappa shape index (κ1) is 14.3. The highest BCUT2D eigenvalue weighted by Crippen LogP contribution is 2.22. The molecule has 20 heavy (non-hydrogen) atoms. The highest BCUT2D eigenvalue weighted by atomic mass is 32.2. The van der Waals surface area contributed by atoms with Crippen molar-refractivity contribution in [3.8, 4) is 5.75 Å². The number of aryl methyl sites for hydroxylation is 1. The summed E-state index contributed by atoms with van der Waals surface area (Å²) in [5.74, 6) is 0.178. The summed E-state index contributed by atoms with van der Waals surface area (Å²) in [4.78, 5) is 11.2. The highest BCUT2D eigenvalue weighted by molar-refractivity contribution is 7.87. The van der Waals surface area contributed by atoms with Crippen LogP contribution in [0.15, 0.2) is 53.4 Å². The van der Waals surface area contributed by atoms with Crippen molar-refractivity contribution in [1.82, 2.24) is 0 Å². The summed E-state index contributed by atoms with van der Waals surface area (Å²) in [6.45, 7) is 3.19. The van der Waals surface area contributed by atoms with Crippen LogP contribution in [0.4, 0.5) is 0 Å². The van der Waals surface area contributed by atoms with Gasteiger partial charge in [0.05, 0.1) is 0 Å². The predicted octanol–water partition coefficient (Wildman–Crippen LogP) is 2.97. The van der Waals surface area contributed by atoms with E-state index in [1.165, 1.54) is 31.2 Å². The van der Waals surface area contributed by atoms with E-state index in [0.29, 0.717) is 11.3 Å². The number of rotatable bonds is 4. The first-order valence-corrected chi connectivity index (χ1v) is 7.42. The molecule has 0 amide bonds. The number of carbonyl (C=O) groups is 1. The van der Waals surface area contributed by atoms with Crippen molar-refractivity contribution in [2.45, 2.75) is 18.7 Å². The molecule has 0 aliphatic carbocycles. The van der Waals surface area contributed by atoms with Gasteiger partial charge in [-0.3, -0.25) is 4.79 Å². The third-order valence-electron chi connectivity index (χ3n) is 2.84. The zero-order chi connectivity index (χ0) is 14.8. The topological polar surface area (TPSA) is 60.4 Å². The maximum Gasteiger partial charge on any atom is 0.339 e. The van der Waals surface area contributed by atoms with Gasteiger partial charge in [0.1, 0.15) is 10.6 Å². The molecule has 0 N–H and O–H groups in total. The summed E-state index contributed by atoms with van der Waals surface area (Å²) in [6.07, 6.45) is 0. The molecule has 0 aliphatic heterocycles. The first-order valence-electron chi connectivity index (χ1n) is 6.01. The SMILES string of the molecule is CC(=O)c1ccc(S(=O)(=O)Oc2ccccc2C)cc1. The molecule has 0 spiro atoms. The van der Waals surface area contributed by atoms with Crippen LogP contribution in [0.3, 0.4) is 0 Å². The lowest BCUT2D eigenvalue weighted by Gasteiger charge is -2.09. The minimum Gasteiger partial charge on any atom is -0.379 e. The number of para-hydroxylation sites is 1. The lowest BCUT2D eigenvalue weighted by Crippen LogP contribution is -2.10. The van der Waals surface area contributed by atoms with E-state index in [1.54, 1.807) is 31.2 Å². The molecule has 0 fully saturated rings. The minimum absolute atomic E-state index is 0.0192. The smallest absolute Gasteiger partial charge is 0.339 e. The largest absolute Gasteiger partial charge is 0.379 e. The molecule has 0 aromatic heterocycles. The van der Waals surface area contributed by atoms with Gasteiger partial charge in [0.2, 0.25) is 0 Å². The number of carbonyl (C=O) groups excluding carboxylic acids is 1. The third-order valence-corrected chi connectivity index (χ3v) is 4.09. The molecule has 0 saturated heterocycles. The molecule has 0 bridgehead atoms. The fourth-order valence-corrected chi connectivity index (χ4v) is 2.66. The van der Waals surface area contributed by atoms with E-state index >= 15 is 0 Å². The quantitative estimate of drug-likeness (QED) is 0.641. The van der Waals surface area contributed by atoms with Crippen molar-refractivity contribution in [3.05, 3.63) is 59.7 Å². The summed E-state index contributed by atoms with van der Waals surface area (Å²) >= 11 is 0. The molecule has 0 atom stereocenters. The van der Waals surface area contributed by atoms with E-state index in [9.17, 15) is 13.2 Å². The van der Waals surface area contributed by atoms with Gasteiger partial charge in [-0.25, -0.2) is 0 Å². The Morgan fingerprint density at radius 3 is 2.15 bits per heavy atom. The maximum absolute atomic E-state index is 12.1. The van der Waals surface area contributed by atoms with Crippen molar-refractivity contribution in [1.29, 1.82) is 0 Å². The minimum atomic E-state index is -3.89. The van der Waals surface area contributed by atoms with Crippen LogP contribution in [0, 0.1) is 6.92 Å². The van der Waals surface area contributed by atoms with Gasteiger partial charge < -0.3 is 4.18 Å². The summed E-state index contributed by atoms with van der Waals surface area (Å²) in [7, 11) is -3.89.